The van der Waals surface area contributed by atoms with Gasteiger partial charge in [-0.05, 0) is 6.07 Å². The maximum Gasteiger partial charge on any atom is 0.351 e. The van der Waals surface area contributed by atoms with Crippen molar-refractivity contribution in [3.05, 3.63) is 22.7 Å². The van der Waals surface area contributed by atoms with Crippen LogP contribution in [0.25, 0.3) is 0 Å². The Hall–Kier alpha value is -1.77. The highest BCUT2D eigenvalue weighted by atomic mass is 16.5. The number of carbonyl (C=O) groups is 1. The third kappa shape index (κ3) is 2.72. The van der Waals surface area contributed by atoms with Crippen LogP contribution in [0, 0.1) is 5.92 Å². The van der Waals surface area contributed by atoms with Crippen molar-refractivity contribution in [1.82, 2.24) is 9.55 Å². The Morgan fingerprint density at radius 1 is 1.60 bits per heavy atom. The zero-order chi connectivity index (χ0) is 14.9. The van der Waals surface area contributed by atoms with Crippen molar-refractivity contribution in [2.75, 3.05) is 11.9 Å². The van der Waals surface area contributed by atoms with Crippen LogP contribution in [-0.4, -0.2) is 44.5 Å². The molecule has 1 fully saturated rings. The quantitative estimate of drug-likeness (QED) is 0.661. The number of ether oxygens (including phenoxy) is 1. The normalized spacial score (nSPS) is 29.4. The van der Waals surface area contributed by atoms with Gasteiger partial charge in [0.2, 0.25) is 5.91 Å². The van der Waals surface area contributed by atoms with Crippen molar-refractivity contribution in [3.8, 4) is 0 Å². The fourth-order valence-corrected chi connectivity index (χ4v) is 2.16. The van der Waals surface area contributed by atoms with Gasteiger partial charge >= 0.3 is 5.69 Å². The summed E-state index contributed by atoms with van der Waals surface area (Å²) in [7, 11) is 0. The lowest BCUT2D eigenvalue weighted by Gasteiger charge is -2.17. The molecular formula is C12H17N3O5. The van der Waals surface area contributed by atoms with E-state index < -0.39 is 24.1 Å². The number of nitrogens with zero attached hydrogens (tertiary/aromatic N) is 2. The second kappa shape index (κ2) is 5.70. The van der Waals surface area contributed by atoms with E-state index in [9.17, 15) is 14.7 Å². The topological polar surface area (TPSA) is 114 Å². The van der Waals surface area contributed by atoms with Crippen molar-refractivity contribution in [1.29, 1.82) is 0 Å². The molecule has 8 nitrogen and oxygen atoms in total. The lowest BCUT2D eigenvalue weighted by atomic mass is 10.0. The lowest BCUT2D eigenvalue weighted by molar-refractivity contribution is -0.114. The number of aliphatic hydroxyl groups is 2. The Bertz CT molecular complexity index is 558. The summed E-state index contributed by atoms with van der Waals surface area (Å²) < 4.78 is 6.60. The number of hydrogen-bond donors (Lipinski definition) is 3. The maximum atomic E-state index is 11.9. The van der Waals surface area contributed by atoms with Crippen LogP contribution in [0.1, 0.15) is 20.1 Å². The van der Waals surface area contributed by atoms with Gasteiger partial charge in [0.05, 0.1) is 12.7 Å². The summed E-state index contributed by atoms with van der Waals surface area (Å²) in [6.07, 6.45) is -0.954. The largest absolute Gasteiger partial charge is 0.394 e. The molecule has 1 aliphatic rings. The zero-order valence-electron chi connectivity index (χ0n) is 11.2. The molecule has 20 heavy (non-hydrogen) atoms. The van der Waals surface area contributed by atoms with Gasteiger partial charge < -0.3 is 20.3 Å². The number of rotatable bonds is 3. The van der Waals surface area contributed by atoms with Crippen LogP contribution in [0.3, 0.4) is 0 Å². The van der Waals surface area contributed by atoms with Crippen molar-refractivity contribution in [2.24, 2.45) is 5.92 Å². The summed E-state index contributed by atoms with van der Waals surface area (Å²) in [5.74, 6) is -0.495. The number of carbonyl (C=O) groups excluding carboxylic acids is 1. The molecule has 1 aliphatic heterocycles. The summed E-state index contributed by atoms with van der Waals surface area (Å²) in [6, 6.07) is 1.44. The number of amides is 1. The molecule has 0 aromatic carbocycles. The van der Waals surface area contributed by atoms with Crippen LogP contribution >= 0.6 is 0 Å². The molecule has 110 valence electrons. The molecule has 1 amide bonds. The van der Waals surface area contributed by atoms with Crippen LogP contribution in [0.15, 0.2) is 17.1 Å². The number of aliphatic hydroxyl groups excluding tert-OH is 2. The number of hydrogen-bond acceptors (Lipinski definition) is 6. The summed E-state index contributed by atoms with van der Waals surface area (Å²) in [4.78, 5) is 26.5. The summed E-state index contributed by atoms with van der Waals surface area (Å²) in [6.45, 7) is 2.81. The Kier molecular flexibility index (Phi) is 4.17. The number of nitrogens with one attached hydrogen (secondary N) is 1. The van der Waals surface area contributed by atoms with Gasteiger partial charge in [-0.2, -0.15) is 4.98 Å². The number of anilines is 1. The molecule has 4 atom stereocenters. The molecule has 0 spiro atoms. The molecular weight excluding hydrogens is 266 g/mol. The van der Waals surface area contributed by atoms with E-state index in [1.54, 1.807) is 6.92 Å². The first-order chi connectivity index (χ1) is 9.43. The molecule has 0 aliphatic carbocycles. The Morgan fingerprint density at radius 2 is 2.30 bits per heavy atom. The fourth-order valence-electron chi connectivity index (χ4n) is 2.16. The predicted octanol–water partition coefficient (Wildman–Crippen LogP) is -0.912. The summed E-state index contributed by atoms with van der Waals surface area (Å²) >= 11 is 0. The van der Waals surface area contributed by atoms with E-state index in [1.807, 2.05) is 0 Å². The minimum Gasteiger partial charge on any atom is -0.394 e. The van der Waals surface area contributed by atoms with Gasteiger partial charge in [0, 0.05) is 19.0 Å². The minimum atomic E-state index is -0.918. The van der Waals surface area contributed by atoms with Gasteiger partial charge in [0.25, 0.3) is 0 Å². The standard InChI is InChI=1S/C12H17N3O5/c1-6-8(5-16)20-11(10(6)18)15-4-3-9(13-7(2)17)14-12(15)19/h3-4,6,8,10-11,16,18H,5H2,1-2H3,(H,13,14,17,19)/t6-,8-,10-,11-/m1/s1. The molecule has 3 N–H and O–H groups in total. The first-order valence-corrected chi connectivity index (χ1v) is 6.25. The summed E-state index contributed by atoms with van der Waals surface area (Å²) in [5.41, 5.74) is -0.647. The first-order valence-electron chi connectivity index (χ1n) is 6.25. The molecule has 8 heteroatoms. The van der Waals surface area contributed by atoms with Crippen LogP contribution in [0.4, 0.5) is 5.82 Å². The molecule has 2 rings (SSSR count). The van der Waals surface area contributed by atoms with E-state index in [4.69, 9.17) is 9.84 Å². The van der Waals surface area contributed by atoms with Crippen LogP contribution < -0.4 is 11.0 Å². The van der Waals surface area contributed by atoms with Crippen molar-refractivity contribution < 1.29 is 19.7 Å². The zero-order valence-corrected chi connectivity index (χ0v) is 11.2. The molecule has 2 heterocycles. The van der Waals surface area contributed by atoms with E-state index >= 15 is 0 Å². The van der Waals surface area contributed by atoms with Gasteiger partial charge in [0.15, 0.2) is 6.23 Å². The van der Waals surface area contributed by atoms with Gasteiger partial charge in [-0.15, -0.1) is 0 Å². The SMILES string of the molecule is CC(=O)Nc1ccn([C@@H]2O[C@H](CO)[C@@H](C)[C@H]2O)c(=O)n1. The highest BCUT2D eigenvalue weighted by Gasteiger charge is 2.41. The molecule has 1 saturated heterocycles. The van der Waals surface area contributed by atoms with Crippen molar-refractivity contribution in [3.63, 3.8) is 0 Å². The number of aromatic nitrogens is 2. The van der Waals surface area contributed by atoms with Crippen molar-refractivity contribution in [2.45, 2.75) is 32.3 Å². The van der Waals surface area contributed by atoms with E-state index in [2.05, 4.69) is 10.3 Å². The lowest BCUT2D eigenvalue weighted by Crippen LogP contribution is -2.33. The third-order valence-electron chi connectivity index (χ3n) is 3.32. The van der Waals surface area contributed by atoms with Gasteiger partial charge in [0.1, 0.15) is 11.9 Å². The van der Waals surface area contributed by atoms with Crippen LogP contribution in [0.5, 0.6) is 0 Å². The predicted molar refractivity (Wildman–Crippen MR) is 69.0 cm³/mol. The average Bonchev–Trinajstić information content (AvgIpc) is 2.66. The highest BCUT2D eigenvalue weighted by Crippen LogP contribution is 2.32. The molecule has 1 aromatic heterocycles. The molecule has 1 aromatic rings. The van der Waals surface area contributed by atoms with Crippen LogP contribution in [0.2, 0.25) is 0 Å². The summed E-state index contributed by atoms with van der Waals surface area (Å²) in [5, 5.41) is 21.6. The van der Waals surface area contributed by atoms with E-state index in [1.165, 1.54) is 19.2 Å². The van der Waals surface area contributed by atoms with Crippen molar-refractivity contribution >= 4 is 11.7 Å². The van der Waals surface area contributed by atoms with Crippen LogP contribution in [-0.2, 0) is 9.53 Å². The Labute approximate surface area is 115 Å². The molecule has 0 saturated carbocycles. The molecule has 0 bridgehead atoms. The Balaban J connectivity index is 2.26. The third-order valence-corrected chi connectivity index (χ3v) is 3.32. The first kappa shape index (κ1) is 14.6. The molecule has 0 radical (unpaired) electrons. The molecule has 0 unspecified atom stereocenters. The average molecular weight is 283 g/mol. The minimum absolute atomic E-state index is 0.137. The van der Waals surface area contributed by atoms with Gasteiger partial charge in [-0.25, -0.2) is 4.79 Å². The van der Waals surface area contributed by atoms with Gasteiger partial charge in [-0.3, -0.25) is 9.36 Å². The fraction of sp³-hybridized carbons (Fsp3) is 0.583. The highest BCUT2D eigenvalue weighted by molar-refractivity contribution is 5.87. The monoisotopic (exact) mass is 283 g/mol. The second-order valence-corrected chi connectivity index (χ2v) is 4.78. The van der Waals surface area contributed by atoms with Gasteiger partial charge in [-0.1, -0.05) is 6.92 Å². The maximum absolute atomic E-state index is 11.9. The Morgan fingerprint density at radius 3 is 2.80 bits per heavy atom. The van der Waals surface area contributed by atoms with E-state index in [-0.39, 0.29) is 24.2 Å². The van der Waals surface area contributed by atoms with E-state index in [0.717, 1.165) is 4.57 Å². The second-order valence-electron chi connectivity index (χ2n) is 4.78. The smallest absolute Gasteiger partial charge is 0.351 e. The van der Waals surface area contributed by atoms with E-state index in [0.29, 0.717) is 0 Å².